The van der Waals surface area contributed by atoms with Gasteiger partial charge in [-0.2, -0.15) is 0 Å². The molecule has 0 aliphatic heterocycles. The summed E-state index contributed by atoms with van der Waals surface area (Å²) in [6.07, 6.45) is 3.90. The van der Waals surface area contributed by atoms with Crippen LogP contribution in [0.15, 0.2) is 35.3 Å². The molecule has 0 amide bonds. The molecule has 0 heterocycles. The first-order valence-electron chi connectivity index (χ1n) is 6.61. The van der Waals surface area contributed by atoms with Gasteiger partial charge in [-0.25, -0.2) is 5.84 Å². The molecule has 2 atom stereocenters. The molecule has 0 saturated heterocycles. The fourth-order valence-electron chi connectivity index (χ4n) is 2.49. The standard InChI is InChI=1S/C14H22N4/c1-11-7-8-12(9-11)10-16-14(18-15)17-13-5-3-2-4-6-13/h2-6,11-12H,7-10,15H2,1H3,(H2,16,17,18). The van der Waals surface area contributed by atoms with Gasteiger partial charge in [0.2, 0.25) is 5.96 Å². The number of nitrogens with zero attached hydrogens (tertiary/aromatic N) is 1. The molecular weight excluding hydrogens is 224 g/mol. The number of rotatable bonds is 3. The number of nitrogens with two attached hydrogens (primary N) is 1. The van der Waals surface area contributed by atoms with Gasteiger partial charge >= 0.3 is 0 Å². The van der Waals surface area contributed by atoms with E-state index in [1.165, 1.54) is 19.3 Å². The van der Waals surface area contributed by atoms with E-state index in [-0.39, 0.29) is 0 Å². The summed E-state index contributed by atoms with van der Waals surface area (Å²) < 4.78 is 0. The Kier molecular flexibility index (Phi) is 4.59. The van der Waals surface area contributed by atoms with E-state index in [2.05, 4.69) is 22.7 Å². The zero-order chi connectivity index (χ0) is 12.8. The molecule has 18 heavy (non-hydrogen) atoms. The number of guanidine groups is 1. The predicted molar refractivity (Wildman–Crippen MR) is 76.2 cm³/mol. The van der Waals surface area contributed by atoms with Crippen LogP contribution in [0.3, 0.4) is 0 Å². The van der Waals surface area contributed by atoms with Crippen LogP contribution in [0.1, 0.15) is 26.2 Å². The van der Waals surface area contributed by atoms with Gasteiger partial charge in [0.1, 0.15) is 0 Å². The summed E-state index contributed by atoms with van der Waals surface area (Å²) in [5, 5.41) is 3.18. The Morgan fingerprint density at radius 1 is 1.33 bits per heavy atom. The van der Waals surface area contributed by atoms with Crippen molar-refractivity contribution < 1.29 is 0 Å². The summed E-state index contributed by atoms with van der Waals surface area (Å²) in [6.45, 7) is 3.16. The van der Waals surface area contributed by atoms with Crippen molar-refractivity contribution in [2.75, 3.05) is 11.9 Å². The summed E-state index contributed by atoms with van der Waals surface area (Å²) in [4.78, 5) is 4.52. The highest BCUT2D eigenvalue weighted by molar-refractivity contribution is 5.93. The Hall–Kier alpha value is -1.55. The third kappa shape index (κ3) is 3.74. The number of hydrogen-bond acceptors (Lipinski definition) is 2. The first-order valence-corrected chi connectivity index (χ1v) is 6.61. The lowest BCUT2D eigenvalue weighted by molar-refractivity contribution is 0.525. The van der Waals surface area contributed by atoms with Gasteiger partial charge in [-0.05, 0) is 36.8 Å². The van der Waals surface area contributed by atoms with E-state index in [9.17, 15) is 0 Å². The second-order valence-electron chi connectivity index (χ2n) is 5.11. The Balaban J connectivity index is 1.88. The Bertz CT molecular complexity index is 388. The minimum absolute atomic E-state index is 0.640. The zero-order valence-corrected chi connectivity index (χ0v) is 10.9. The van der Waals surface area contributed by atoms with Crippen molar-refractivity contribution in [3.8, 4) is 0 Å². The molecule has 4 N–H and O–H groups in total. The van der Waals surface area contributed by atoms with E-state index in [0.29, 0.717) is 11.9 Å². The largest absolute Gasteiger partial charge is 0.325 e. The van der Waals surface area contributed by atoms with Gasteiger partial charge in [0.15, 0.2) is 0 Å². The van der Waals surface area contributed by atoms with Crippen LogP contribution in [0.5, 0.6) is 0 Å². The fraction of sp³-hybridized carbons (Fsp3) is 0.500. The Labute approximate surface area is 109 Å². The summed E-state index contributed by atoms with van der Waals surface area (Å²) in [5.74, 6) is 7.69. The molecule has 0 radical (unpaired) electrons. The van der Waals surface area contributed by atoms with Gasteiger partial charge < -0.3 is 5.32 Å². The van der Waals surface area contributed by atoms with E-state index in [4.69, 9.17) is 5.84 Å². The molecule has 1 aromatic carbocycles. The lowest BCUT2D eigenvalue weighted by atomic mass is 10.1. The molecule has 0 bridgehead atoms. The van der Waals surface area contributed by atoms with E-state index in [1.54, 1.807) is 0 Å². The summed E-state index contributed by atoms with van der Waals surface area (Å²) in [7, 11) is 0. The van der Waals surface area contributed by atoms with Gasteiger partial charge in [0, 0.05) is 12.2 Å². The van der Waals surface area contributed by atoms with Crippen LogP contribution in [0.25, 0.3) is 0 Å². The summed E-state index contributed by atoms with van der Waals surface area (Å²) >= 11 is 0. The minimum Gasteiger partial charge on any atom is -0.325 e. The fourth-order valence-corrected chi connectivity index (χ4v) is 2.49. The number of nitrogens with one attached hydrogen (secondary N) is 2. The predicted octanol–water partition coefficient (Wildman–Crippen LogP) is 2.35. The maximum absolute atomic E-state index is 5.49. The number of hydrazine groups is 1. The van der Waals surface area contributed by atoms with Gasteiger partial charge in [0.25, 0.3) is 0 Å². The molecule has 1 aliphatic rings. The molecule has 0 spiro atoms. The van der Waals surface area contributed by atoms with Crippen molar-refractivity contribution in [1.29, 1.82) is 0 Å². The van der Waals surface area contributed by atoms with Gasteiger partial charge in [-0.3, -0.25) is 10.4 Å². The molecule has 1 aromatic rings. The summed E-state index contributed by atoms with van der Waals surface area (Å²) in [5.41, 5.74) is 3.62. The van der Waals surface area contributed by atoms with Crippen molar-refractivity contribution in [2.24, 2.45) is 22.7 Å². The Morgan fingerprint density at radius 3 is 2.72 bits per heavy atom. The second-order valence-corrected chi connectivity index (χ2v) is 5.11. The van der Waals surface area contributed by atoms with Crippen molar-refractivity contribution in [3.05, 3.63) is 30.3 Å². The van der Waals surface area contributed by atoms with Gasteiger partial charge in [-0.15, -0.1) is 0 Å². The zero-order valence-electron chi connectivity index (χ0n) is 10.9. The smallest absolute Gasteiger partial charge is 0.210 e. The third-order valence-corrected chi connectivity index (χ3v) is 3.48. The lowest BCUT2D eigenvalue weighted by Gasteiger charge is -2.11. The topological polar surface area (TPSA) is 62.4 Å². The van der Waals surface area contributed by atoms with E-state index in [0.717, 1.165) is 18.2 Å². The molecule has 98 valence electrons. The van der Waals surface area contributed by atoms with Crippen LogP contribution >= 0.6 is 0 Å². The Morgan fingerprint density at radius 2 is 2.11 bits per heavy atom. The molecule has 2 rings (SSSR count). The van der Waals surface area contributed by atoms with Crippen molar-refractivity contribution >= 4 is 11.6 Å². The molecule has 4 heteroatoms. The van der Waals surface area contributed by atoms with Crippen LogP contribution in [-0.2, 0) is 0 Å². The molecule has 1 saturated carbocycles. The number of benzene rings is 1. The van der Waals surface area contributed by atoms with Crippen LogP contribution in [0.4, 0.5) is 5.69 Å². The lowest BCUT2D eigenvalue weighted by Crippen LogP contribution is -2.36. The summed E-state index contributed by atoms with van der Waals surface area (Å²) in [6, 6.07) is 9.93. The highest BCUT2D eigenvalue weighted by Crippen LogP contribution is 2.30. The normalized spacial score (nSPS) is 24.0. The molecule has 4 nitrogen and oxygen atoms in total. The SMILES string of the molecule is CC1CCC(CN=C(NN)Nc2ccccc2)C1. The number of hydrogen-bond donors (Lipinski definition) is 3. The minimum atomic E-state index is 0.640. The first-order chi connectivity index (χ1) is 8.78. The monoisotopic (exact) mass is 246 g/mol. The van der Waals surface area contributed by atoms with Crippen molar-refractivity contribution in [2.45, 2.75) is 26.2 Å². The highest BCUT2D eigenvalue weighted by atomic mass is 15.3. The van der Waals surface area contributed by atoms with Crippen LogP contribution < -0.4 is 16.6 Å². The van der Waals surface area contributed by atoms with E-state index >= 15 is 0 Å². The third-order valence-electron chi connectivity index (χ3n) is 3.48. The molecule has 1 aliphatic carbocycles. The maximum atomic E-state index is 5.49. The van der Waals surface area contributed by atoms with Crippen molar-refractivity contribution in [3.63, 3.8) is 0 Å². The first kappa shape index (κ1) is 12.9. The van der Waals surface area contributed by atoms with Gasteiger partial charge in [-0.1, -0.05) is 31.5 Å². The number of anilines is 1. The molecule has 2 unspecified atom stereocenters. The van der Waals surface area contributed by atoms with Gasteiger partial charge in [0.05, 0.1) is 0 Å². The van der Waals surface area contributed by atoms with E-state index in [1.807, 2.05) is 30.3 Å². The maximum Gasteiger partial charge on any atom is 0.210 e. The van der Waals surface area contributed by atoms with Crippen LogP contribution in [-0.4, -0.2) is 12.5 Å². The molecule has 1 fully saturated rings. The average Bonchev–Trinajstić information content (AvgIpc) is 2.81. The molecule has 0 aromatic heterocycles. The number of para-hydroxylation sites is 1. The van der Waals surface area contributed by atoms with Crippen molar-refractivity contribution in [1.82, 2.24) is 5.43 Å². The quantitative estimate of drug-likeness (QED) is 0.332. The number of aliphatic imine (C=N–C) groups is 1. The molecular formula is C14H22N4. The highest BCUT2D eigenvalue weighted by Gasteiger charge is 2.20. The van der Waals surface area contributed by atoms with E-state index < -0.39 is 0 Å². The average molecular weight is 246 g/mol. The second kappa shape index (κ2) is 6.40. The van der Waals surface area contributed by atoms with Crippen LogP contribution in [0, 0.1) is 11.8 Å². The van der Waals surface area contributed by atoms with Crippen LogP contribution in [0.2, 0.25) is 0 Å².